The van der Waals surface area contributed by atoms with E-state index in [2.05, 4.69) is 15.0 Å². The molecule has 0 fully saturated rings. The average Bonchev–Trinajstić information content (AvgIpc) is 3.11. The SMILES string of the molecule is CC(C)c1nccn1-c1ncncc1C(O)(O)Oc1cc(F)cc(O)c1C=O. The molecular formula is C18H17FN4O5. The number of hydrogen-bond donors (Lipinski definition) is 3. The molecule has 2 heterocycles. The number of nitrogens with zero attached hydrogens (tertiary/aromatic N) is 4. The summed E-state index contributed by atoms with van der Waals surface area (Å²) in [5, 5.41) is 30.8. The summed E-state index contributed by atoms with van der Waals surface area (Å²) < 4.78 is 20.2. The minimum absolute atomic E-state index is 0.00708. The lowest BCUT2D eigenvalue weighted by Gasteiger charge is -2.25. The van der Waals surface area contributed by atoms with Gasteiger partial charge in [0.15, 0.2) is 12.1 Å². The zero-order chi connectivity index (χ0) is 20.5. The predicted octanol–water partition coefficient (Wildman–Crippen LogP) is 1.62. The van der Waals surface area contributed by atoms with Crippen LogP contribution < -0.4 is 4.74 Å². The van der Waals surface area contributed by atoms with Crippen molar-refractivity contribution in [2.75, 3.05) is 0 Å². The number of phenolic OH excluding ortho intramolecular Hbond substituents is 1. The first kappa shape index (κ1) is 19.4. The molecule has 2 aromatic heterocycles. The van der Waals surface area contributed by atoms with E-state index < -0.39 is 28.9 Å². The first-order chi connectivity index (χ1) is 13.2. The Kier molecular flexibility index (Phi) is 5.08. The van der Waals surface area contributed by atoms with Crippen LogP contribution in [0.4, 0.5) is 4.39 Å². The van der Waals surface area contributed by atoms with Crippen molar-refractivity contribution in [1.82, 2.24) is 19.5 Å². The van der Waals surface area contributed by atoms with E-state index in [9.17, 15) is 24.5 Å². The molecule has 0 radical (unpaired) electrons. The van der Waals surface area contributed by atoms with Gasteiger partial charge in [-0.25, -0.2) is 19.3 Å². The molecule has 0 atom stereocenters. The quantitative estimate of drug-likeness (QED) is 0.429. The molecule has 0 saturated heterocycles. The average molecular weight is 388 g/mol. The fourth-order valence-corrected chi connectivity index (χ4v) is 2.66. The maximum Gasteiger partial charge on any atom is 0.356 e. The Morgan fingerprint density at radius 2 is 2.04 bits per heavy atom. The van der Waals surface area contributed by atoms with Gasteiger partial charge in [0.2, 0.25) is 0 Å². The number of aldehydes is 1. The van der Waals surface area contributed by atoms with Crippen LogP contribution in [0.5, 0.6) is 11.5 Å². The Hall–Kier alpha value is -3.37. The third kappa shape index (κ3) is 3.55. The van der Waals surface area contributed by atoms with Gasteiger partial charge in [-0.1, -0.05) is 13.8 Å². The van der Waals surface area contributed by atoms with E-state index in [0.717, 1.165) is 12.3 Å². The van der Waals surface area contributed by atoms with Crippen LogP contribution in [0.2, 0.25) is 0 Å². The highest BCUT2D eigenvalue weighted by Crippen LogP contribution is 2.33. The number of aliphatic hydroxyl groups is 2. The lowest BCUT2D eigenvalue weighted by Crippen LogP contribution is -2.34. The van der Waals surface area contributed by atoms with Crippen LogP contribution in [0.15, 0.2) is 37.1 Å². The van der Waals surface area contributed by atoms with Crippen molar-refractivity contribution in [2.45, 2.75) is 25.7 Å². The molecule has 3 N–H and O–H groups in total. The van der Waals surface area contributed by atoms with Gasteiger partial charge in [0.05, 0.1) is 5.56 Å². The molecule has 146 valence electrons. The Bertz CT molecular complexity index is 1020. The first-order valence-corrected chi connectivity index (χ1v) is 8.20. The van der Waals surface area contributed by atoms with E-state index in [4.69, 9.17) is 4.74 Å². The van der Waals surface area contributed by atoms with Crippen molar-refractivity contribution >= 4 is 6.29 Å². The fraction of sp³-hybridized carbons (Fsp3) is 0.222. The number of phenols is 1. The van der Waals surface area contributed by atoms with Gasteiger partial charge in [0.25, 0.3) is 0 Å². The van der Waals surface area contributed by atoms with E-state index in [0.29, 0.717) is 11.9 Å². The molecule has 0 unspecified atom stereocenters. The van der Waals surface area contributed by atoms with E-state index in [-0.39, 0.29) is 23.6 Å². The van der Waals surface area contributed by atoms with Gasteiger partial charge in [0, 0.05) is 36.6 Å². The van der Waals surface area contributed by atoms with Crippen LogP contribution in [0.1, 0.15) is 41.5 Å². The standard InChI is InChI=1S/C18H17FN4O5/c1-10(2)16-21-3-4-23(16)17-13(7-20-9-22-17)18(26,27)28-15-6-11(19)5-14(25)12(15)8-24/h3-10,25-27H,1-2H3. The summed E-state index contributed by atoms with van der Waals surface area (Å²) >= 11 is 0. The highest BCUT2D eigenvalue weighted by atomic mass is 19.1. The number of ether oxygens (including phenoxy) is 1. The number of carbonyl (C=O) groups is 1. The molecule has 3 aromatic rings. The van der Waals surface area contributed by atoms with E-state index in [1.54, 1.807) is 6.20 Å². The third-order valence-electron chi connectivity index (χ3n) is 3.91. The molecule has 0 aliphatic rings. The zero-order valence-corrected chi connectivity index (χ0v) is 14.9. The highest BCUT2D eigenvalue weighted by Gasteiger charge is 2.35. The molecule has 1 aromatic carbocycles. The summed E-state index contributed by atoms with van der Waals surface area (Å²) in [6, 6.07) is 1.44. The normalized spacial score (nSPS) is 11.6. The molecule has 0 bridgehead atoms. The van der Waals surface area contributed by atoms with Gasteiger partial charge < -0.3 is 20.1 Å². The van der Waals surface area contributed by atoms with Crippen molar-refractivity contribution in [2.24, 2.45) is 0 Å². The Morgan fingerprint density at radius 3 is 2.71 bits per heavy atom. The maximum atomic E-state index is 13.6. The minimum atomic E-state index is -3.05. The number of imidazole rings is 1. The Labute approximate surface area is 158 Å². The van der Waals surface area contributed by atoms with Crippen LogP contribution in [-0.4, -0.2) is 41.1 Å². The van der Waals surface area contributed by atoms with Gasteiger partial charge in [-0.05, 0) is 0 Å². The molecule has 0 aliphatic carbocycles. The number of carbonyl (C=O) groups excluding carboxylic acids is 1. The smallest absolute Gasteiger partial charge is 0.356 e. The largest absolute Gasteiger partial charge is 0.507 e. The second-order valence-electron chi connectivity index (χ2n) is 6.24. The van der Waals surface area contributed by atoms with E-state index in [1.807, 2.05) is 13.8 Å². The van der Waals surface area contributed by atoms with Crippen LogP contribution in [0.3, 0.4) is 0 Å². The highest BCUT2D eigenvalue weighted by molar-refractivity contribution is 5.83. The molecule has 0 spiro atoms. The molecule has 9 nitrogen and oxygen atoms in total. The Morgan fingerprint density at radius 1 is 1.29 bits per heavy atom. The van der Waals surface area contributed by atoms with Crippen molar-refractivity contribution in [3.8, 4) is 17.3 Å². The molecule has 3 rings (SSSR count). The van der Waals surface area contributed by atoms with Gasteiger partial charge in [-0.15, -0.1) is 0 Å². The van der Waals surface area contributed by atoms with Crippen molar-refractivity contribution in [3.05, 3.63) is 59.8 Å². The summed E-state index contributed by atoms with van der Waals surface area (Å²) in [6.07, 6.45) is 5.60. The van der Waals surface area contributed by atoms with Gasteiger partial charge in [0.1, 0.15) is 35.0 Å². The Balaban J connectivity index is 2.10. The van der Waals surface area contributed by atoms with Crippen LogP contribution in [-0.2, 0) is 5.97 Å². The third-order valence-corrected chi connectivity index (χ3v) is 3.91. The lowest BCUT2D eigenvalue weighted by molar-refractivity contribution is -0.304. The molecule has 28 heavy (non-hydrogen) atoms. The van der Waals surface area contributed by atoms with E-state index >= 15 is 0 Å². The summed E-state index contributed by atoms with van der Waals surface area (Å²) in [4.78, 5) is 23.3. The van der Waals surface area contributed by atoms with Crippen LogP contribution in [0.25, 0.3) is 5.82 Å². The summed E-state index contributed by atoms with van der Waals surface area (Å²) in [5.74, 6) is -4.61. The molecular weight excluding hydrogens is 371 g/mol. The number of benzene rings is 1. The predicted molar refractivity (Wildman–Crippen MR) is 93.4 cm³/mol. The molecule has 0 saturated carbocycles. The maximum absolute atomic E-state index is 13.6. The van der Waals surface area contributed by atoms with Gasteiger partial charge in [-0.3, -0.25) is 9.36 Å². The number of rotatable bonds is 6. The van der Waals surface area contributed by atoms with Crippen LogP contribution >= 0.6 is 0 Å². The number of hydrogen-bond acceptors (Lipinski definition) is 8. The fourth-order valence-electron chi connectivity index (χ4n) is 2.66. The van der Waals surface area contributed by atoms with Gasteiger partial charge in [-0.2, -0.15) is 0 Å². The minimum Gasteiger partial charge on any atom is -0.507 e. The molecule has 10 heteroatoms. The van der Waals surface area contributed by atoms with Crippen molar-refractivity contribution < 1.29 is 29.2 Å². The van der Waals surface area contributed by atoms with Crippen molar-refractivity contribution in [1.29, 1.82) is 0 Å². The second-order valence-corrected chi connectivity index (χ2v) is 6.24. The molecule has 0 aliphatic heterocycles. The van der Waals surface area contributed by atoms with Gasteiger partial charge >= 0.3 is 5.97 Å². The summed E-state index contributed by atoms with van der Waals surface area (Å²) in [6.45, 7) is 3.79. The van der Waals surface area contributed by atoms with Crippen molar-refractivity contribution in [3.63, 3.8) is 0 Å². The first-order valence-electron chi connectivity index (χ1n) is 8.20. The van der Waals surface area contributed by atoms with Crippen LogP contribution in [0, 0.1) is 5.82 Å². The zero-order valence-electron chi connectivity index (χ0n) is 14.9. The topological polar surface area (TPSA) is 131 Å². The lowest BCUT2D eigenvalue weighted by atomic mass is 10.1. The summed E-state index contributed by atoms with van der Waals surface area (Å²) in [5.41, 5.74) is -0.728. The molecule has 0 amide bonds. The summed E-state index contributed by atoms with van der Waals surface area (Å²) in [7, 11) is 0. The monoisotopic (exact) mass is 388 g/mol. The number of aromatic hydroxyl groups is 1. The van der Waals surface area contributed by atoms with E-state index in [1.165, 1.54) is 17.1 Å². The number of aromatic nitrogens is 4. The second kappa shape index (κ2) is 7.33. The number of halogens is 1.